The zero-order valence-corrected chi connectivity index (χ0v) is 13.7. The van der Waals surface area contributed by atoms with Gasteiger partial charge in [-0.05, 0) is 42.2 Å². The third-order valence-corrected chi connectivity index (χ3v) is 4.83. The lowest BCUT2D eigenvalue weighted by Crippen LogP contribution is -2.15. The number of allylic oxidation sites excluding steroid dienone is 1. The molecule has 0 radical (unpaired) electrons. The Balaban J connectivity index is 1.84. The summed E-state index contributed by atoms with van der Waals surface area (Å²) in [6.45, 7) is 4.51. The molecule has 1 heterocycles. The van der Waals surface area contributed by atoms with Crippen molar-refractivity contribution < 1.29 is 14.7 Å². The Morgan fingerprint density at radius 3 is 2.52 bits per heavy atom. The monoisotopic (exact) mass is 331 g/mol. The minimum Gasteiger partial charge on any atom is -0.478 e. The Labute approximate surface area is 145 Å². The van der Waals surface area contributed by atoms with Gasteiger partial charge in [-0.3, -0.25) is 4.79 Å². The van der Waals surface area contributed by atoms with Gasteiger partial charge < -0.3 is 9.67 Å². The summed E-state index contributed by atoms with van der Waals surface area (Å²) in [6.07, 6.45) is 1.47. The zero-order valence-electron chi connectivity index (χ0n) is 13.7. The lowest BCUT2D eigenvalue weighted by molar-refractivity contribution is 0.0696. The van der Waals surface area contributed by atoms with Crippen molar-refractivity contribution in [2.75, 3.05) is 0 Å². The van der Waals surface area contributed by atoms with Gasteiger partial charge in [-0.15, -0.1) is 0 Å². The number of nitrogens with zero attached hydrogens (tertiary/aromatic N) is 1. The first-order valence-corrected chi connectivity index (χ1v) is 8.21. The molecule has 1 aliphatic carbocycles. The van der Waals surface area contributed by atoms with Gasteiger partial charge in [-0.1, -0.05) is 36.9 Å². The molecule has 0 spiro atoms. The molecule has 2 aromatic carbocycles. The van der Waals surface area contributed by atoms with Crippen LogP contribution in [0.3, 0.4) is 0 Å². The molecule has 4 heteroatoms. The van der Waals surface area contributed by atoms with Gasteiger partial charge in [-0.2, -0.15) is 0 Å². The van der Waals surface area contributed by atoms with Crippen LogP contribution < -0.4 is 0 Å². The number of ketones is 1. The summed E-state index contributed by atoms with van der Waals surface area (Å²) in [6, 6.07) is 14.8. The fraction of sp³-hybridized carbons (Fsp3) is 0.143. The number of aromatic nitrogens is 1. The van der Waals surface area contributed by atoms with E-state index in [1.54, 1.807) is 12.1 Å². The van der Waals surface area contributed by atoms with Crippen LogP contribution in [0.25, 0.3) is 10.9 Å². The van der Waals surface area contributed by atoms with E-state index < -0.39 is 5.97 Å². The Hall–Kier alpha value is -3.14. The van der Waals surface area contributed by atoms with E-state index in [9.17, 15) is 9.59 Å². The molecule has 4 rings (SSSR count). The van der Waals surface area contributed by atoms with Crippen LogP contribution in [-0.4, -0.2) is 21.4 Å². The van der Waals surface area contributed by atoms with Crippen molar-refractivity contribution in [1.82, 2.24) is 4.57 Å². The van der Waals surface area contributed by atoms with Gasteiger partial charge in [0.15, 0.2) is 5.78 Å². The number of hydrogen-bond donors (Lipinski definition) is 1. The molecule has 0 bridgehead atoms. The molecule has 1 aromatic heterocycles. The summed E-state index contributed by atoms with van der Waals surface area (Å²) >= 11 is 0. The number of hydrogen-bond acceptors (Lipinski definition) is 2. The average molecular weight is 331 g/mol. The molecular weight excluding hydrogens is 314 g/mol. The van der Waals surface area contributed by atoms with E-state index >= 15 is 0 Å². The van der Waals surface area contributed by atoms with E-state index in [-0.39, 0.29) is 11.3 Å². The van der Waals surface area contributed by atoms with Crippen molar-refractivity contribution in [2.24, 2.45) is 0 Å². The van der Waals surface area contributed by atoms with Crippen molar-refractivity contribution in [3.63, 3.8) is 0 Å². The Morgan fingerprint density at radius 2 is 1.80 bits per heavy atom. The van der Waals surface area contributed by atoms with E-state index in [2.05, 4.69) is 11.1 Å². The highest BCUT2D eigenvalue weighted by atomic mass is 16.4. The molecule has 25 heavy (non-hydrogen) atoms. The number of carbonyl (C=O) groups is 2. The van der Waals surface area contributed by atoms with E-state index in [1.165, 1.54) is 0 Å². The van der Waals surface area contributed by atoms with E-state index in [1.807, 2.05) is 36.4 Å². The van der Waals surface area contributed by atoms with Gasteiger partial charge in [0.2, 0.25) is 0 Å². The lowest BCUT2D eigenvalue weighted by Gasteiger charge is -2.17. The Bertz CT molecular complexity index is 1030. The maximum Gasteiger partial charge on any atom is 0.335 e. The minimum atomic E-state index is -0.931. The van der Waals surface area contributed by atoms with Crippen LogP contribution in [0.5, 0.6) is 0 Å². The number of Topliss-reactive ketones (excluding diaryl/α,β-unsaturated/α-hetero) is 1. The van der Waals surface area contributed by atoms with Crippen LogP contribution in [0, 0.1) is 0 Å². The zero-order chi connectivity index (χ0) is 17.6. The maximum absolute atomic E-state index is 12.6. The molecule has 0 unspecified atom stereocenters. The number of carbonyl (C=O) groups excluding carboxylic acids is 1. The normalized spacial score (nSPS) is 13.9. The van der Waals surface area contributed by atoms with E-state index in [4.69, 9.17) is 5.11 Å². The minimum absolute atomic E-state index is 0.0393. The average Bonchev–Trinajstić information content (AvgIpc) is 2.93. The summed E-state index contributed by atoms with van der Waals surface area (Å²) in [5.41, 5.74) is 4.79. The van der Waals surface area contributed by atoms with Crippen molar-refractivity contribution >= 4 is 22.7 Å². The second-order valence-electron chi connectivity index (χ2n) is 6.36. The van der Waals surface area contributed by atoms with Crippen LogP contribution >= 0.6 is 0 Å². The highest BCUT2D eigenvalue weighted by Crippen LogP contribution is 2.34. The number of aromatic carboxylic acids is 1. The molecule has 0 aliphatic heterocycles. The second kappa shape index (κ2) is 5.74. The molecule has 0 saturated carbocycles. The molecule has 4 nitrogen and oxygen atoms in total. The van der Waals surface area contributed by atoms with Crippen molar-refractivity contribution in [3.8, 4) is 0 Å². The van der Waals surface area contributed by atoms with Crippen LogP contribution in [0.1, 0.15) is 38.4 Å². The Kier molecular flexibility index (Phi) is 3.53. The van der Waals surface area contributed by atoms with E-state index in [0.29, 0.717) is 18.5 Å². The number of carboxylic acids is 1. The van der Waals surface area contributed by atoms with Gasteiger partial charge in [0.25, 0.3) is 0 Å². The molecule has 0 amide bonds. The topological polar surface area (TPSA) is 59.3 Å². The first-order chi connectivity index (χ1) is 12.1. The molecule has 1 N–H and O–H groups in total. The summed E-state index contributed by atoms with van der Waals surface area (Å²) in [5, 5.41) is 10.00. The first-order valence-electron chi connectivity index (χ1n) is 8.21. The second-order valence-corrected chi connectivity index (χ2v) is 6.36. The van der Waals surface area contributed by atoms with E-state index in [0.717, 1.165) is 34.1 Å². The molecule has 0 atom stereocenters. The van der Waals surface area contributed by atoms with Gasteiger partial charge >= 0.3 is 5.97 Å². The molecular formula is C21H17NO3. The smallest absolute Gasteiger partial charge is 0.335 e. The molecule has 1 aliphatic rings. The fourth-order valence-corrected chi connectivity index (χ4v) is 3.55. The quantitative estimate of drug-likeness (QED) is 0.736. The number of carboxylic acid groups (broad SMARTS) is 1. The van der Waals surface area contributed by atoms with Crippen LogP contribution in [0.15, 0.2) is 60.7 Å². The summed E-state index contributed by atoms with van der Waals surface area (Å²) in [5.74, 6) is -0.892. The SMILES string of the molecule is C=C1CCc2c(c3ccccc3n2Cc2ccc(C(=O)O)cc2)C1=O. The largest absolute Gasteiger partial charge is 0.478 e. The van der Waals surface area contributed by atoms with Gasteiger partial charge in [0.1, 0.15) is 0 Å². The predicted octanol–water partition coefficient (Wildman–Crippen LogP) is 4.07. The van der Waals surface area contributed by atoms with Gasteiger partial charge in [0.05, 0.1) is 11.1 Å². The summed E-state index contributed by atoms with van der Waals surface area (Å²) < 4.78 is 2.17. The molecule has 0 fully saturated rings. The first kappa shape index (κ1) is 15.4. The summed E-state index contributed by atoms with van der Waals surface area (Å²) in [4.78, 5) is 23.6. The highest BCUT2D eigenvalue weighted by Gasteiger charge is 2.27. The maximum atomic E-state index is 12.6. The third kappa shape index (κ3) is 2.47. The van der Waals surface area contributed by atoms with Crippen LogP contribution in [-0.2, 0) is 13.0 Å². The predicted molar refractivity (Wildman–Crippen MR) is 96.2 cm³/mol. The molecule has 0 saturated heterocycles. The fourth-order valence-electron chi connectivity index (χ4n) is 3.55. The number of fused-ring (bicyclic) bond motifs is 3. The molecule has 3 aromatic rings. The molecule has 124 valence electrons. The number of benzene rings is 2. The van der Waals surface area contributed by atoms with Crippen molar-refractivity contribution in [2.45, 2.75) is 19.4 Å². The highest BCUT2D eigenvalue weighted by molar-refractivity contribution is 6.18. The Morgan fingerprint density at radius 1 is 1.08 bits per heavy atom. The van der Waals surface area contributed by atoms with Crippen LogP contribution in [0.2, 0.25) is 0 Å². The van der Waals surface area contributed by atoms with Crippen molar-refractivity contribution in [1.29, 1.82) is 0 Å². The van der Waals surface area contributed by atoms with Crippen LogP contribution in [0.4, 0.5) is 0 Å². The van der Waals surface area contributed by atoms with Gasteiger partial charge in [-0.25, -0.2) is 4.79 Å². The summed E-state index contributed by atoms with van der Waals surface area (Å²) in [7, 11) is 0. The number of para-hydroxylation sites is 1. The number of rotatable bonds is 3. The van der Waals surface area contributed by atoms with Gasteiger partial charge in [0, 0.05) is 23.1 Å². The lowest BCUT2D eigenvalue weighted by atomic mass is 9.91. The standard InChI is InChI=1S/C21H17NO3/c1-13-6-11-18-19(20(13)23)16-4-2-3-5-17(16)22(18)12-14-7-9-15(10-8-14)21(24)25/h2-5,7-10H,1,6,11-12H2,(H,24,25). The third-order valence-electron chi connectivity index (χ3n) is 4.83. The van der Waals surface area contributed by atoms with Crippen molar-refractivity contribution in [3.05, 3.63) is 83.1 Å².